The van der Waals surface area contributed by atoms with Crippen molar-refractivity contribution in [3.63, 3.8) is 0 Å². The number of ether oxygens (including phenoxy) is 2. The molecule has 2 aromatic carbocycles. The van der Waals surface area contributed by atoms with Crippen molar-refractivity contribution < 1.29 is 19.1 Å². The zero-order valence-electron chi connectivity index (χ0n) is 16.4. The van der Waals surface area contributed by atoms with Crippen LogP contribution in [0.15, 0.2) is 42.5 Å². The summed E-state index contributed by atoms with van der Waals surface area (Å²) in [7, 11) is 3.19. The molecule has 2 amide bonds. The van der Waals surface area contributed by atoms with Gasteiger partial charge in [0, 0.05) is 23.2 Å². The minimum atomic E-state index is -0.329. The molecule has 144 valence electrons. The van der Waals surface area contributed by atoms with E-state index in [0.29, 0.717) is 29.3 Å². The third kappa shape index (κ3) is 5.23. The molecular weight excluding hydrogens is 344 g/mol. The van der Waals surface area contributed by atoms with Crippen LogP contribution in [0.1, 0.15) is 36.7 Å². The molecule has 0 heterocycles. The van der Waals surface area contributed by atoms with E-state index in [-0.39, 0.29) is 17.2 Å². The highest BCUT2D eigenvalue weighted by Gasteiger charge is 2.23. The summed E-state index contributed by atoms with van der Waals surface area (Å²) in [5.41, 5.74) is 1.82. The van der Waals surface area contributed by atoms with Crippen molar-refractivity contribution in [1.29, 1.82) is 0 Å². The number of anilines is 1. The Labute approximate surface area is 159 Å². The molecule has 2 aromatic rings. The number of carbonyl (C=O) groups is 2. The van der Waals surface area contributed by atoms with Gasteiger partial charge in [-0.2, -0.15) is 0 Å². The SMILES string of the molecule is COc1ccc(C(C)(C)CNC(=O)Nc2cccc(C(C)=O)c2)cc1OC. The molecule has 6 heteroatoms. The van der Waals surface area contributed by atoms with Crippen molar-refractivity contribution in [2.45, 2.75) is 26.2 Å². The lowest BCUT2D eigenvalue weighted by Gasteiger charge is -2.26. The molecule has 0 saturated carbocycles. The Balaban J connectivity index is 2.03. The monoisotopic (exact) mass is 370 g/mol. The van der Waals surface area contributed by atoms with Gasteiger partial charge in [-0.25, -0.2) is 4.79 Å². The van der Waals surface area contributed by atoms with Crippen molar-refractivity contribution in [2.24, 2.45) is 0 Å². The van der Waals surface area contributed by atoms with Gasteiger partial charge in [-0.1, -0.05) is 32.0 Å². The number of benzene rings is 2. The Morgan fingerprint density at radius 2 is 1.70 bits per heavy atom. The van der Waals surface area contributed by atoms with Gasteiger partial charge in [-0.15, -0.1) is 0 Å². The highest BCUT2D eigenvalue weighted by Crippen LogP contribution is 2.32. The number of nitrogens with one attached hydrogen (secondary N) is 2. The summed E-state index contributed by atoms with van der Waals surface area (Å²) < 4.78 is 10.6. The number of urea groups is 1. The van der Waals surface area contributed by atoms with E-state index in [4.69, 9.17) is 9.47 Å². The lowest BCUT2D eigenvalue weighted by molar-refractivity contribution is 0.101. The van der Waals surface area contributed by atoms with Gasteiger partial charge in [-0.3, -0.25) is 4.79 Å². The summed E-state index contributed by atoms with van der Waals surface area (Å²) in [6, 6.07) is 12.2. The Kier molecular flexibility index (Phi) is 6.45. The van der Waals surface area contributed by atoms with Crippen molar-refractivity contribution in [1.82, 2.24) is 5.32 Å². The largest absolute Gasteiger partial charge is 0.493 e. The standard InChI is InChI=1S/C21H26N2O4/c1-14(24)15-7-6-8-17(11-15)23-20(25)22-13-21(2,3)16-9-10-18(26-4)19(12-16)27-5/h6-12H,13H2,1-5H3,(H2,22,23,25). The number of amides is 2. The van der Waals surface area contributed by atoms with E-state index in [9.17, 15) is 9.59 Å². The van der Waals surface area contributed by atoms with Crippen LogP contribution in [0.25, 0.3) is 0 Å². The van der Waals surface area contributed by atoms with Gasteiger partial charge in [0.05, 0.1) is 14.2 Å². The maximum Gasteiger partial charge on any atom is 0.319 e. The molecule has 0 unspecified atom stereocenters. The highest BCUT2D eigenvalue weighted by atomic mass is 16.5. The number of rotatable bonds is 7. The van der Waals surface area contributed by atoms with E-state index in [1.54, 1.807) is 38.5 Å². The molecule has 0 bridgehead atoms. The van der Waals surface area contributed by atoms with E-state index < -0.39 is 0 Å². The zero-order valence-corrected chi connectivity index (χ0v) is 16.4. The third-order valence-corrected chi connectivity index (χ3v) is 4.38. The molecule has 0 aliphatic rings. The van der Waals surface area contributed by atoms with Gasteiger partial charge in [0.2, 0.25) is 0 Å². The molecule has 0 saturated heterocycles. The predicted molar refractivity (Wildman–Crippen MR) is 106 cm³/mol. The first-order chi connectivity index (χ1) is 12.8. The summed E-state index contributed by atoms with van der Waals surface area (Å²) in [6.07, 6.45) is 0. The van der Waals surface area contributed by atoms with Gasteiger partial charge < -0.3 is 20.1 Å². The normalized spacial score (nSPS) is 10.9. The van der Waals surface area contributed by atoms with Gasteiger partial charge in [0.25, 0.3) is 0 Å². The average Bonchev–Trinajstić information content (AvgIpc) is 2.66. The van der Waals surface area contributed by atoms with Gasteiger partial charge >= 0.3 is 6.03 Å². The molecule has 0 atom stereocenters. The fraction of sp³-hybridized carbons (Fsp3) is 0.333. The first-order valence-electron chi connectivity index (χ1n) is 8.65. The molecule has 0 aliphatic heterocycles. The molecule has 0 spiro atoms. The first kappa shape index (κ1) is 20.3. The fourth-order valence-electron chi connectivity index (χ4n) is 2.65. The molecular formula is C21H26N2O4. The highest BCUT2D eigenvalue weighted by molar-refractivity contribution is 5.96. The summed E-state index contributed by atoms with van der Waals surface area (Å²) in [6.45, 7) is 5.97. The van der Waals surface area contributed by atoms with E-state index in [1.165, 1.54) is 6.92 Å². The van der Waals surface area contributed by atoms with Crippen LogP contribution in [-0.4, -0.2) is 32.6 Å². The number of ketones is 1. The molecule has 27 heavy (non-hydrogen) atoms. The summed E-state index contributed by atoms with van der Waals surface area (Å²) >= 11 is 0. The predicted octanol–water partition coefficient (Wildman–Crippen LogP) is 4.01. The maximum atomic E-state index is 12.2. The maximum absolute atomic E-state index is 12.2. The summed E-state index contributed by atoms with van der Waals surface area (Å²) in [5, 5.41) is 5.63. The second-order valence-corrected chi connectivity index (χ2v) is 6.90. The lowest BCUT2D eigenvalue weighted by atomic mass is 9.84. The fourth-order valence-corrected chi connectivity index (χ4v) is 2.65. The van der Waals surface area contributed by atoms with Crippen LogP contribution in [0.5, 0.6) is 11.5 Å². The van der Waals surface area contributed by atoms with E-state index in [1.807, 2.05) is 32.0 Å². The van der Waals surface area contributed by atoms with Crippen molar-refractivity contribution >= 4 is 17.5 Å². The average molecular weight is 370 g/mol. The Morgan fingerprint density at radius 1 is 1.00 bits per heavy atom. The minimum Gasteiger partial charge on any atom is -0.493 e. The minimum absolute atomic E-state index is 0.0476. The number of hydrogen-bond acceptors (Lipinski definition) is 4. The summed E-state index contributed by atoms with van der Waals surface area (Å²) in [4.78, 5) is 23.7. The Bertz CT molecular complexity index is 831. The van der Waals surface area contributed by atoms with Gasteiger partial charge in [-0.05, 0) is 36.8 Å². The molecule has 2 rings (SSSR count). The van der Waals surface area contributed by atoms with Crippen LogP contribution in [0.4, 0.5) is 10.5 Å². The number of hydrogen-bond donors (Lipinski definition) is 2. The summed E-state index contributed by atoms with van der Waals surface area (Å²) in [5.74, 6) is 1.26. The second-order valence-electron chi connectivity index (χ2n) is 6.90. The lowest BCUT2D eigenvalue weighted by Crippen LogP contribution is -2.39. The Hall–Kier alpha value is -3.02. The molecule has 0 aliphatic carbocycles. The van der Waals surface area contributed by atoms with Crippen molar-refractivity contribution in [3.05, 3.63) is 53.6 Å². The topological polar surface area (TPSA) is 76.7 Å². The molecule has 0 fully saturated rings. The quantitative estimate of drug-likeness (QED) is 0.722. The zero-order chi connectivity index (χ0) is 20.0. The molecule has 6 nitrogen and oxygen atoms in total. The van der Waals surface area contributed by atoms with Gasteiger partial charge in [0.15, 0.2) is 17.3 Å². The Morgan fingerprint density at radius 3 is 2.33 bits per heavy atom. The molecule has 0 aromatic heterocycles. The van der Waals surface area contributed by atoms with E-state index in [0.717, 1.165) is 5.56 Å². The van der Waals surface area contributed by atoms with Crippen LogP contribution in [0.2, 0.25) is 0 Å². The first-order valence-corrected chi connectivity index (χ1v) is 8.65. The van der Waals surface area contributed by atoms with Crippen molar-refractivity contribution in [3.8, 4) is 11.5 Å². The van der Waals surface area contributed by atoms with Crippen LogP contribution >= 0.6 is 0 Å². The number of carbonyl (C=O) groups excluding carboxylic acids is 2. The third-order valence-electron chi connectivity index (χ3n) is 4.38. The van der Waals surface area contributed by atoms with E-state index in [2.05, 4.69) is 10.6 Å². The molecule has 2 N–H and O–H groups in total. The van der Waals surface area contributed by atoms with E-state index >= 15 is 0 Å². The van der Waals surface area contributed by atoms with Crippen LogP contribution in [0, 0.1) is 0 Å². The smallest absolute Gasteiger partial charge is 0.319 e. The number of methoxy groups -OCH3 is 2. The van der Waals surface area contributed by atoms with Crippen LogP contribution < -0.4 is 20.1 Å². The van der Waals surface area contributed by atoms with Crippen molar-refractivity contribution in [2.75, 3.05) is 26.1 Å². The van der Waals surface area contributed by atoms with Gasteiger partial charge in [0.1, 0.15) is 0 Å². The van der Waals surface area contributed by atoms with Crippen LogP contribution in [0.3, 0.4) is 0 Å². The number of Topliss-reactive ketones (excluding diaryl/α,β-unsaturated/α-hetero) is 1. The second kappa shape index (κ2) is 8.58. The van der Waals surface area contributed by atoms with Crippen LogP contribution in [-0.2, 0) is 5.41 Å². The molecule has 0 radical (unpaired) electrons.